The van der Waals surface area contributed by atoms with E-state index < -0.39 is 0 Å². The molecule has 2 rings (SSSR count). The molecule has 2 aromatic heterocycles. The van der Waals surface area contributed by atoms with Crippen LogP contribution < -0.4 is 5.32 Å². The van der Waals surface area contributed by atoms with E-state index in [1.165, 1.54) is 10.9 Å². The smallest absolute Gasteiger partial charge is 0.225 e. The van der Waals surface area contributed by atoms with E-state index in [1.54, 1.807) is 18.3 Å². The summed E-state index contributed by atoms with van der Waals surface area (Å²) in [6.07, 6.45) is 3.43. The third-order valence-corrected chi connectivity index (χ3v) is 2.61. The van der Waals surface area contributed by atoms with E-state index in [-0.39, 0.29) is 11.8 Å². The number of amides is 1. The van der Waals surface area contributed by atoms with Crippen LogP contribution in [0.2, 0.25) is 0 Å². The van der Waals surface area contributed by atoms with Crippen molar-refractivity contribution in [1.82, 2.24) is 14.8 Å². The number of hydrogen-bond donors (Lipinski definition) is 1. The Morgan fingerprint density at radius 3 is 2.90 bits per heavy atom. The maximum Gasteiger partial charge on any atom is 0.225 e. The van der Waals surface area contributed by atoms with Gasteiger partial charge in [0.1, 0.15) is 11.6 Å². The van der Waals surface area contributed by atoms with Crippen molar-refractivity contribution >= 4 is 11.7 Å². The van der Waals surface area contributed by atoms with Crippen LogP contribution in [0.5, 0.6) is 0 Å². The second-order valence-electron chi connectivity index (χ2n) is 4.76. The van der Waals surface area contributed by atoms with Crippen molar-refractivity contribution in [3.8, 4) is 11.9 Å². The lowest BCUT2D eigenvalue weighted by Gasteiger charge is -2.09. The Kier molecular flexibility index (Phi) is 4.11. The summed E-state index contributed by atoms with van der Waals surface area (Å²) >= 11 is 0. The highest BCUT2D eigenvalue weighted by atomic mass is 16.1. The molecule has 0 spiro atoms. The highest BCUT2D eigenvalue weighted by molar-refractivity contribution is 5.91. The van der Waals surface area contributed by atoms with E-state index in [4.69, 9.17) is 5.26 Å². The van der Waals surface area contributed by atoms with E-state index in [0.29, 0.717) is 23.6 Å². The molecule has 0 saturated carbocycles. The molecule has 0 saturated heterocycles. The number of nitriles is 1. The van der Waals surface area contributed by atoms with E-state index in [0.717, 1.165) is 0 Å². The van der Waals surface area contributed by atoms with Gasteiger partial charge in [-0.15, -0.1) is 0 Å². The van der Waals surface area contributed by atoms with Crippen molar-refractivity contribution in [2.75, 3.05) is 5.32 Å². The lowest BCUT2D eigenvalue weighted by atomic mass is 10.1. The molecule has 6 nitrogen and oxygen atoms in total. The first kappa shape index (κ1) is 13.7. The van der Waals surface area contributed by atoms with Gasteiger partial charge in [0.15, 0.2) is 11.6 Å². The third-order valence-electron chi connectivity index (χ3n) is 2.61. The second-order valence-corrected chi connectivity index (χ2v) is 4.76. The van der Waals surface area contributed by atoms with Crippen LogP contribution in [0.15, 0.2) is 30.6 Å². The minimum atomic E-state index is -0.144. The SMILES string of the molecule is CC(C)CC(=O)Nc1c(C#N)cnn1-c1ccccn1. The average Bonchev–Trinajstić information content (AvgIpc) is 2.81. The number of nitrogens with one attached hydrogen (secondary N) is 1. The summed E-state index contributed by atoms with van der Waals surface area (Å²) in [4.78, 5) is 16.1. The van der Waals surface area contributed by atoms with Crippen molar-refractivity contribution in [1.29, 1.82) is 5.26 Å². The van der Waals surface area contributed by atoms with Crippen molar-refractivity contribution in [3.05, 3.63) is 36.2 Å². The van der Waals surface area contributed by atoms with Crippen LogP contribution in [0.4, 0.5) is 5.82 Å². The van der Waals surface area contributed by atoms with Crippen LogP contribution >= 0.6 is 0 Å². The Bertz CT molecular complexity index is 639. The van der Waals surface area contributed by atoms with Gasteiger partial charge in [0.25, 0.3) is 0 Å². The summed E-state index contributed by atoms with van der Waals surface area (Å²) in [6.45, 7) is 3.92. The molecule has 1 amide bonds. The average molecular weight is 269 g/mol. The summed E-state index contributed by atoms with van der Waals surface area (Å²) < 4.78 is 1.46. The first-order chi connectivity index (χ1) is 9.61. The molecule has 0 aliphatic heterocycles. The molecule has 0 fully saturated rings. The quantitative estimate of drug-likeness (QED) is 0.921. The number of nitrogens with zero attached hydrogens (tertiary/aromatic N) is 4. The first-order valence-electron chi connectivity index (χ1n) is 6.31. The monoisotopic (exact) mass is 269 g/mol. The normalized spacial score (nSPS) is 10.3. The maximum atomic E-state index is 11.9. The minimum Gasteiger partial charge on any atom is -0.309 e. The number of carbonyl (C=O) groups is 1. The summed E-state index contributed by atoms with van der Waals surface area (Å²) in [5.74, 6) is 1.01. The number of aromatic nitrogens is 3. The van der Waals surface area contributed by atoms with E-state index in [2.05, 4.69) is 15.4 Å². The van der Waals surface area contributed by atoms with E-state index in [9.17, 15) is 4.79 Å². The Balaban J connectivity index is 2.34. The van der Waals surface area contributed by atoms with Crippen LogP contribution in [0.3, 0.4) is 0 Å². The molecular formula is C14H15N5O. The highest BCUT2D eigenvalue weighted by Crippen LogP contribution is 2.18. The summed E-state index contributed by atoms with van der Waals surface area (Å²) in [5, 5.41) is 15.9. The Labute approximate surface area is 117 Å². The van der Waals surface area contributed by atoms with Gasteiger partial charge >= 0.3 is 0 Å². The Morgan fingerprint density at radius 2 is 2.30 bits per heavy atom. The van der Waals surface area contributed by atoms with Crippen molar-refractivity contribution in [2.45, 2.75) is 20.3 Å². The zero-order valence-corrected chi connectivity index (χ0v) is 11.4. The van der Waals surface area contributed by atoms with Crippen molar-refractivity contribution in [3.63, 3.8) is 0 Å². The van der Waals surface area contributed by atoms with E-state index in [1.807, 2.05) is 26.0 Å². The highest BCUT2D eigenvalue weighted by Gasteiger charge is 2.16. The van der Waals surface area contributed by atoms with Gasteiger partial charge in [-0.1, -0.05) is 19.9 Å². The molecule has 20 heavy (non-hydrogen) atoms. The standard InChI is InChI=1S/C14H15N5O/c1-10(2)7-13(20)18-14-11(8-15)9-17-19(14)12-5-3-4-6-16-12/h3-6,9-10H,7H2,1-2H3,(H,18,20). The van der Waals surface area contributed by atoms with Gasteiger partial charge in [-0.3, -0.25) is 4.79 Å². The van der Waals surface area contributed by atoms with E-state index >= 15 is 0 Å². The first-order valence-corrected chi connectivity index (χ1v) is 6.31. The molecule has 0 bridgehead atoms. The Hall–Kier alpha value is -2.68. The lowest BCUT2D eigenvalue weighted by molar-refractivity contribution is -0.116. The van der Waals surface area contributed by atoms with Gasteiger partial charge in [-0.25, -0.2) is 4.98 Å². The fraction of sp³-hybridized carbons (Fsp3) is 0.286. The molecule has 0 atom stereocenters. The molecule has 0 aliphatic carbocycles. The number of pyridine rings is 1. The number of rotatable bonds is 4. The van der Waals surface area contributed by atoms with Crippen LogP contribution in [-0.4, -0.2) is 20.7 Å². The van der Waals surface area contributed by atoms with Crippen LogP contribution in [0, 0.1) is 17.2 Å². The summed E-state index contributed by atoms with van der Waals surface area (Å²) in [7, 11) is 0. The van der Waals surface area contributed by atoms with Gasteiger partial charge in [0.05, 0.1) is 6.20 Å². The fourth-order valence-corrected chi connectivity index (χ4v) is 1.76. The van der Waals surface area contributed by atoms with Gasteiger partial charge in [-0.05, 0) is 18.1 Å². The molecule has 0 radical (unpaired) electrons. The zero-order chi connectivity index (χ0) is 14.5. The molecule has 102 valence electrons. The fourth-order valence-electron chi connectivity index (χ4n) is 1.76. The van der Waals surface area contributed by atoms with Crippen molar-refractivity contribution in [2.24, 2.45) is 5.92 Å². The molecule has 1 N–H and O–H groups in total. The molecule has 0 unspecified atom stereocenters. The third kappa shape index (κ3) is 3.01. The summed E-state index contributed by atoms with van der Waals surface area (Å²) in [6, 6.07) is 7.38. The van der Waals surface area contributed by atoms with Gasteiger partial charge < -0.3 is 5.32 Å². The van der Waals surface area contributed by atoms with Crippen LogP contribution in [0.25, 0.3) is 5.82 Å². The van der Waals surface area contributed by atoms with Gasteiger partial charge in [0, 0.05) is 12.6 Å². The number of carbonyl (C=O) groups excluding carboxylic acids is 1. The largest absolute Gasteiger partial charge is 0.309 e. The molecule has 0 aliphatic rings. The molecule has 6 heteroatoms. The number of anilines is 1. The Morgan fingerprint density at radius 1 is 1.50 bits per heavy atom. The minimum absolute atomic E-state index is 0.144. The molecule has 0 aromatic carbocycles. The van der Waals surface area contributed by atoms with Crippen LogP contribution in [-0.2, 0) is 4.79 Å². The molecule has 2 aromatic rings. The predicted octanol–water partition coefficient (Wildman–Crippen LogP) is 2.12. The predicted molar refractivity (Wildman–Crippen MR) is 74.2 cm³/mol. The van der Waals surface area contributed by atoms with Crippen LogP contribution in [0.1, 0.15) is 25.8 Å². The zero-order valence-electron chi connectivity index (χ0n) is 11.4. The maximum absolute atomic E-state index is 11.9. The lowest BCUT2D eigenvalue weighted by Crippen LogP contribution is -2.17. The number of hydrogen-bond acceptors (Lipinski definition) is 4. The van der Waals surface area contributed by atoms with Gasteiger partial charge in [-0.2, -0.15) is 15.0 Å². The molecule has 2 heterocycles. The summed E-state index contributed by atoms with van der Waals surface area (Å²) in [5.41, 5.74) is 0.313. The second kappa shape index (κ2) is 5.97. The topological polar surface area (TPSA) is 83.6 Å². The van der Waals surface area contributed by atoms with Gasteiger partial charge in [0.2, 0.25) is 5.91 Å². The molecular weight excluding hydrogens is 254 g/mol. The van der Waals surface area contributed by atoms with Crippen molar-refractivity contribution < 1.29 is 4.79 Å².